The van der Waals surface area contributed by atoms with E-state index in [1.54, 1.807) is 6.92 Å². The van der Waals surface area contributed by atoms with Crippen molar-refractivity contribution < 1.29 is 9.53 Å². The lowest BCUT2D eigenvalue weighted by molar-refractivity contribution is -0.123. The van der Waals surface area contributed by atoms with Crippen LogP contribution in [0.3, 0.4) is 0 Å². The number of carbonyl (C=O) groups excluding carboxylic acids is 1. The Labute approximate surface area is 108 Å². The van der Waals surface area contributed by atoms with E-state index in [1.165, 1.54) is 11.1 Å². The first kappa shape index (κ1) is 14.5. The molecule has 1 aromatic rings. The quantitative estimate of drug-likeness (QED) is 0.834. The molecule has 18 heavy (non-hydrogen) atoms. The van der Waals surface area contributed by atoms with E-state index in [9.17, 15) is 4.79 Å². The van der Waals surface area contributed by atoms with Gasteiger partial charge in [0.1, 0.15) is 17.9 Å². The van der Waals surface area contributed by atoms with Crippen molar-refractivity contribution in [1.29, 1.82) is 0 Å². The maximum atomic E-state index is 11.1. The van der Waals surface area contributed by atoms with Gasteiger partial charge in [0.25, 0.3) is 0 Å². The summed E-state index contributed by atoms with van der Waals surface area (Å²) in [6, 6.07) is 5.87. The van der Waals surface area contributed by atoms with Gasteiger partial charge < -0.3 is 16.2 Å². The number of primary amides is 1. The van der Waals surface area contributed by atoms with Gasteiger partial charge in [-0.2, -0.15) is 0 Å². The summed E-state index contributed by atoms with van der Waals surface area (Å²) < 4.78 is 5.52. The van der Waals surface area contributed by atoms with Crippen LogP contribution in [0.1, 0.15) is 37.8 Å². The highest BCUT2D eigenvalue weighted by Crippen LogP contribution is 2.23. The molecule has 1 aromatic carbocycles. The minimum Gasteiger partial charge on any atom is -0.491 e. The van der Waals surface area contributed by atoms with Gasteiger partial charge in [-0.15, -0.1) is 0 Å². The monoisotopic (exact) mass is 250 g/mol. The third-order valence-corrected chi connectivity index (χ3v) is 2.96. The molecule has 0 saturated heterocycles. The van der Waals surface area contributed by atoms with E-state index in [1.807, 2.05) is 25.1 Å². The van der Waals surface area contributed by atoms with Crippen molar-refractivity contribution in [2.75, 3.05) is 6.61 Å². The fraction of sp³-hybridized carbons (Fsp3) is 0.500. The van der Waals surface area contributed by atoms with Gasteiger partial charge in [-0.25, -0.2) is 0 Å². The first-order valence-corrected chi connectivity index (χ1v) is 6.06. The normalized spacial score (nSPS) is 14.3. The van der Waals surface area contributed by atoms with Crippen molar-refractivity contribution in [3.63, 3.8) is 0 Å². The van der Waals surface area contributed by atoms with Gasteiger partial charge >= 0.3 is 0 Å². The topological polar surface area (TPSA) is 78.3 Å². The van der Waals surface area contributed by atoms with Gasteiger partial charge in [0.05, 0.1) is 0 Å². The first-order chi connectivity index (χ1) is 8.24. The Balaban J connectivity index is 2.76. The Morgan fingerprint density at radius 1 is 1.44 bits per heavy atom. The Morgan fingerprint density at radius 3 is 2.50 bits per heavy atom. The van der Waals surface area contributed by atoms with E-state index < -0.39 is 11.4 Å². The van der Waals surface area contributed by atoms with E-state index in [2.05, 4.69) is 13.8 Å². The Morgan fingerprint density at radius 2 is 2.06 bits per heavy atom. The highest BCUT2D eigenvalue weighted by atomic mass is 16.5. The van der Waals surface area contributed by atoms with E-state index in [0.717, 1.165) is 0 Å². The van der Waals surface area contributed by atoms with Crippen LogP contribution >= 0.6 is 0 Å². The Hall–Kier alpha value is -1.55. The lowest BCUT2D eigenvalue weighted by Crippen LogP contribution is -2.53. The van der Waals surface area contributed by atoms with Crippen LogP contribution in [0.25, 0.3) is 0 Å². The average molecular weight is 250 g/mol. The molecule has 0 spiro atoms. The van der Waals surface area contributed by atoms with Crippen LogP contribution in [-0.4, -0.2) is 18.1 Å². The minimum absolute atomic E-state index is 0.0722. The Bertz CT molecular complexity index is 439. The molecule has 0 fully saturated rings. The molecule has 0 heterocycles. The maximum absolute atomic E-state index is 11.1. The predicted octanol–water partition coefficient (Wildman–Crippen LogP) is 1.70. The van der Waals surface area contributed by atoms with Crippen molar-refractivity contribution in [2.24, 2.45) is 11.5 Å². The van der Waals surface area contributed by atoms with Crippen molar-refractivity contribution in [1.82, 2.24) is 0 Å². The first-order valence-electron chi connectivity index (χ1n) is 6.06. The second-order valence-corrected chi connectivity index (χ2v) is 5.24. The molecule has 0 aromatic heterocycles. The molecular formula is C14H22N2O2. The van der Waals surface area contributed by atoms with Crippen molar-refractivity contribution in [2.45, 2.75) is 39.2 Å². The number of benzene rings is 1. The summed E-state index contributed by atoms with van der Waals surface area (Å²) in [5.74, 6) is 0.609. The van der Waals surface area contributed by atoms with Crippen molar-refractivity contribution in [3.8, 4) is 5.75 Å². The zero-order valence-corrected chi connectivity index (χ0v) is 11.5. The van der Waals surface area contributed by atoms with Crippen molar-refractivity contribution in [3.05, 3.63) is 29.3 Å². The summed E-state index contributed by atoms with van der Waals surface area (Å²) in [7, 11) is 0. The minimum atomic E-state index is -1.15. The van der Waals surface area contributed by atoms with Gasteiger partial charge in [0.15, 0.2) is 0 Å². The molecule has 100 valence electrons. The van der Waals surface area contributed by atoms with Gasteiger partial charge in [-0.05, 0) is 43.0 Å². The van der Waals surface area contributed by atoms with E-state index in [-0.39, 0.29) is 6.61 Å². The fourth-order valence-electron chi connectivity index (χ4n) is 1.69. The van der Waals surface area contributed by atoms with Crippen LogP contribution in [0.4, 0.5) is 0 Å². The Kier molecular flexibility index (Phi) is 4.35. The molecule has 0 aliphatic heterocycles. The van der Waals surface area contributed by atoms with Gasteiger partial charge in [-0.3, -0.25) is 4.79 Å². The van der Waals surface area contributed by atoms with Crippen LogP contribution in [0.5, 0.6) is 5.75 Å². The molecule has 4 N–H and O–H groups in total. The molecule has 0 saturated carbocycles. The van der Waals surface area contributed by atoms with Crippen LogP contribution in [0, 0.1) is 6.92 Å². The molecule has 4 nitrogen and oxygen atoms in total. The van der Waals surface area contributed by atoms with Crippen molar-refractivity contribution >= 4 is 5.91 Å². The number of nitrogens with two attached hydrogens (primary N) is 2. The van der Waals surface area contributed by atoms with E-state index >= 15 is 0 Å². The highest BCUT2D eigenvalue weighted by molar-refractivity contribution is 5.84. The summed E-state index contributed by atoms with van der Waals surface area (Å²) in [4.78, 5) is 11.1. The summed E-state index contributed by atoms with van der Waals surface area (Å²) in [5, 5.41) is 0. The van der Waals surface area contributed by atoms with Crippen LogP contribution < -0.4 is 16.2 Å². The number of amides is 1. The fourth-order valence-corrected chi connectivity index (χ4v) is 1.69. The third-order valence-electron chi connectivity index (χ3n) is 2.96. The van der Waals surface area contributed by atoms with Gasteiger partial charge in [-0.1, -0.05) is 19.9 Å². The molecule has 1 amide bonds. The predicted molar refractivity (Wildman–Crippen MR) is 72.5 cm³/mol. The number of aryl methyl sites for hydroxylation is 1. The second-order valence-electron chi connectivity index (χ2n) is 5.24. The van der Waals surface area contributed by atoms with E-state index in [4.69, 9.17) is 16.2 Å². The van der Waals surface area contributed by atoms with Crippen LogP contribution in [0.2, 0.25) is 0 Å². The molecule has 4 heteroatoms. The van der Waals surface area contributed by atoms with Crippen LogP contribution in [-0.2, 0) is 4.79 Å². The maximum Gasteiger partial charge on any atom is 0.240 e. The number of rotatable bonds is 5. The lowest BCUT2D eigenvalue weighted by Gasteiger charge is -2.21. The number of ether oxygens (including phenoxy) is 1. The summed E-state index contributed by atoms with van der Waals surface area (Å²) in [6.45, 7) is 7.96. The van der Waals surface area contributed by atoms with Gasteiger partial charge in [0.2, 0.25) is 5.91 Å². The number of carbonyl (C=O) groups is 1. The zero-order chi connectivity index (χ0) is 13.9. The van der Waals surface area contributed by atoms with Crippen LogP contribution in [0.15, 0.2) is 18.2 Å². The molecule has 1 unspecified atom stereocenters. The molecular weight excluding hydrogens is 228 g/mol. The average Bonchev–Trinajstić information content (AvgIpc) is 2.25. The molecule has 0 aliphatic rings. The molecule has 0 aliphatic carbocycles. The number of hydrogen-bond donors (Lipinski definition) is 2. The summed E-state index contributed by atoms with van der Waals surface area (Å²) in [6.07, 6.45) is 0. The summed E-state index contributed by atoms with van der Waals surface area (Å²) in [5.41, 5.74) is 12.2. The molecule has 1 rings (SSSR count). The van der Waals surface area contributed by atoms with E-state index in [0.29, 0.717) is 11.7 Å². The third kappa shape index (κ3) is 3.47. The largest absolute Gasteiger partial charge is 0.491 e. The number of hydrogen-bond acceptors (Lipinski definition) is 3. The molecule has 0 radical (unpaired) electrons. The summed E-state index contributed by atoms with van der Waals surface area (Å²) >= 11 is 0. The molecule has 0 bridgehead atoms. The second kappa shape index (κ2) is 5.40. The standard InChI is InChI=1S/C14H22N2O2/c1-9(2)12-6-5-11(7-10(12)3)18-8-14(4,16)13(15)17/h5-7,9H,8,16H2,1-4H3,(H2,15,17). The molecule has 1 atom stereocenters. The smallest absolute Gasteiger partial charge is 0.240 e. The lowest BCUT2D eigenvalue weighted by atomic mass is 9.98. The highest BCUT2D eigenvalue weighted by Gasteiger charge is 2.26. The zero-order valence-electron chi connectivity index (χ0n) is 11.5. The van der Waals surface area contributed by atoms with Gasteiger partial charge in [0, 0.05) is 0 Å². The SMILES string of the molecule is Cc1cc(OCC(C)(N)C(N)=O)ccc1C(C)C.